The number of hydrogen-bond acceptors (Lipinski definition) is 4. The molecule has 0 saturated carbocycles. The maximum atomic E-state index is 12.1. The number of amides is 1. The van der Waals surface area contributed by atoms with Crippen LogP contribution in [-0.4, -0.2) is 23.4 Å². The van der Waals surface area contributed by atoms with E-state index >= 15 is 0 Å². The Kier molecular flexibility index (Phi) is 4.34. The second-order valence-corrected chi connectivity index (χ2v) is 5.83. The van der Waals surface area contributed by atoms with Gasteiger partial charge in [-0.05, 0) is 42.2 Å². The van der Waals surface area contributed by atoms with Gasteiger partial charge in [-0.2, -0.15) is 4.37 Å². The number of carbonyl (C=O) groups excluding carboxylic acids is 1. The molecule has 0 aliphatic rings. The fourth-order valence-corrected chi connectivity index (χ4v) is 3.05. The van der Waals surface area contributed by atoms with Gasteiger partial charge in [0.2, 0.25) is 0 Å². The van der Waals surface area contributed by atoms with Gasteiger partial charge < -0.3 is 10.6 Å². The molecule has 0 aliphatic heterocycles. The number of nitrogens with one attached hydrogen (secondary N) is 2. The summed E-state index contributed by atoms with van der Waals surface area (Å²) in [7, 11) is 0. The predicted molar refractivity (Wildman–Crippen MR) is 91.6 cm³/mol. The lowest BCUT2D eigenvalue weighted by molar-refractivity contribution is 0.0954. The van der Waals surface area contributed by atoms with Crippen LogP contribution in [-0.2, 0) is 0 Å². The lowest BCUT2D eigenvalue weighted by Crippen LogP contribution is -2.29. The summed E-state index contributed by atoms with van der Waals surface area (Å²) < 4.78 is 5.56. The number of benzene rings is 2. The predicted octanol–water partition coefficient (Wildman–Crippen LogP) is 3.45. The van der Waals surface area contributed by atoms with Gasteiger partial charge in [-0.3, -0.25) is 4.79 Å². The van der Waals surface area contributed by atoms with Crippen molar-refractivity contribution >= 4 is 33.3 Å². The molecule has 1 heterocycles. The van der Waals surface area contributed by atoms with E-state index in [9.17, 15) is 4.79 Å². The molecule has 3 aromatic rings. The van der Waals surface area contributed by atoms with Crippen LogP contribution in [0.5, 0.6) is 0 Å². The molecule has 0 aliphatic carbocycles. The van der Waals surface area contributed by atoms with Gasteiger partial charge in [0, 0.05) is 24.0 Å². The van der Waals surface area contributed by atoms with Crippen LogP contribution < -0.4 is 10.6 Å². The van der Waals surface area contributed by atoms with E-state index in [1.807, 2.05) is 49.4 Å². The van der Waals surface area contributed by atoms with Crippen LogP contribution in [0.25, 0.3) is 10.1 Å². The quantitative estimate of drug-likeness (QED) is 0.710. The Morgan fingerprint density at radius 2 is 1.86 bits per heavy atom. The second kappa shape index (κ2) is 6.58. The van der Waals surface area contributed by atoms with E-state index in [0.29, 0.717) is 13.1 Å². The molecule has 0 atom stereocenters. The molecule has 0 bridgehead atoms. The van der Waals surface area contributed by atoms with Crippen molar-refractivity contribution in [2.75, 3.05) is 18.4 Å². The molecular weight excluding hydrogens is 294 g/mol. The molecule has 22 heavy (non-hydrogen) atoms. The van der Waals surface area contributed by atoms with Gasteiger partial charge in [-0.1, -0.05) is 30.3 Å². The van der Waals surface area contributed by atoms with Crippen molar-refractivity contribution in [3.05, 3.63) is 59.7 Å². The first-order valence-electron chi connectivity index (χ1n) is 7.18. The largest absolute Gasteiger partial charge is 0.367 e. The first kappa shape index (κ1) is 14.5. The molecule has 1 aromatic heterocycles. The van der Waals surface area contributed by atoms with E-state index in [2.05, 4.69) is 21.1 Å². The third kappa shape index (κ3) is 3.09. The average Bonchev–Trinajstić information content (AvgIpc) is 2.95. The maximum absolute atomic E-state index is 12.1. The molecule has 2 aromatic carbocycles. The molecule has 0 spiro atoms. The summed E-state index contributed by atoms with van der Waals surface area (Å²) in [6.07, 6.45) is 0. The van der Waals surface area contributed by atoms with E-state index in [-0.39, 0.29) is 5.91 Å². The number of hydrogen-bond donors (Lipinski definition) is 2. The fraction of sp³-hybridized carbons (Fsp3) is 0.176. The second-order valence-electron chi connectivity index (χ2n) is 5.02. The minimum atomic E-state index is -0.0389. The van der Waals surface area contributed by atoms with Crippen molar-refractivity contribution in [3.63, 3.8) is 0 Å². The van der Waals surface area contributed by atoms with Gasteiger partial charge in [0.1, 0.15) is 5.82 Å². The van der Waals surface area contributed by atoms with E-state index in [0.717, 1.165) is 27.0 Å². The smallest absolute Gasteiger partial charge is 0.251 e. The Morgan fingerprint density at radius 3 is 2.73 bits per heavy atom. The summed E-state index contributed by atoms with van der Waals surface area (Å²) in [5, 5.41) is 7.32. The van der Waals surface area contributed by atoms with Crippen LogP contribution in [0.4, 0.5) is 5.82 Å². The van der Waals surface area contributed by atoms with Gasteiger partial charge in [0.05, 0.1) is 4.70 Å². The zero-order valence-corrected chi connectivity index (χ0v) is 13.1. The molecule has 1 amide bonds. The summed E-state index contributed by atoms with van der Waals surface area (Å²) in [5.74, 6) is 0.841. The monoisotopic (exact) mass is 311 g/mol. The van der Waals surface area contributed by atoms with Crippen molar-refractivity contribution in [1.29, 1.82) is 0 Å². The van der Waals surface area contributed by atoms with Crippen LogP contribution in [0.1, 0.15) is 15.9 Å². The minimum absolute atomic E-state index is 0.0389. The number of aromatic nitrogens is 1. The SMILES string of the molecule is Cc1ccccc1C(=O)NCCNc1nsc2ccccc12. The van der Waals surface area contributed by atoms with Gasteiger partial charge >= 0.3 is 0 Å². The Hall–Kier alpha value is -2.40. The zero-order chi connectivity index (χ0) is 15.4. The van der Waals surface area contributed by atoms with Gasteiger partial charge in [-0.15, -0.1) is 0 Å². The first-order valence-corrected chi connectivity index (χ1v) is 7.95. The molecule has 112 valence electrons. The van der Waals surface area contributed by atoms with Crippen molar-refractivity contribution in [3.8, 4) is 0 Å². The number of nitrogens with zero attached hydrogens (tertiary/aromatic N) is 1. The molecule has 0 unspecified atom stereocenters. The molecule has 3 rings (SSSR count). The highest BCUT2D eigenvalue weighted by Gasteiger charge is 2.08. The number of carbonyl (C=O) groups is 1. The zero-order valence-electron chi connectivity index (χ0n) is 12.3. The Morgan fingerprint density at radius 1 is 1.09 bits per heavy atom. The van der Waals surface area contributed by atoms with E-state index in [4.69, 9.17) is 0 Å². The van der Waals surface area contributed by atoms with Crippen LogP contribution >= 0.6 is 11.5 Å². The molecule has 2 N–H and O–H groups in total. The topological polar surface area (TPSA) is 54.0 Å². The van der Waals surface area contributed by atoms with Crippen LogP contribution in [0, 0.1) is 6.92 Å². The summed E-state index contributed by atoms with van der Waals surface area (Å²) in [5.41, 5.74) is 1.71. The number of fused-ring (bicyclic) bond motifs is 1. The lowest BCUT2D eigenvalue weighted by atomic mass is 10.1. The highest BCUT2D eigenvalue weighted by Crippen LogP contribution is 2.25. The summed E-state index contributed by atoms with van der Waals surface area (Å²) >= 11 is 1.48. The van der Waals surface area contributed by atoms with Crippen molar-refractivity contribution in [2.24, 2.45) is 0 Å². The van der Waals surface area contributed by atoms with Crippen LogP contribution in [0.3, 0.4) is 0 Å². The van der Waals surface area contributed by atoms with Crippen LogP contribution in [0.2, 0.25) is 0 Å². The number of rotatable bonds is 5. The lowest BCUT2D eigenvalue weighted by Gasteiger charge is -2.08. The number of anilines is 1. The summed E-state index contributed by atoms with van der Waals surface area (Å²) in [6.45, 7) is 3.14. The highest BCUT2D eigenvalue weighted by molar-refractivity contribution is 7.13. The van der Waals surface area contributed by atoms with E-state index in [1.165, 1.54) is 11.5 Å². The first-order chi connectivity index (χ1) is 10.8. The summed E-state index contributed by atoms with van der Waals surface area (Å²) in [6, 6.07) is 15.7. The van der Waals surface area contributed by atoms with Crippen molar-refractivity contribution in [2.45, 2.75) is 6.92 Å². The normalized spacial score (nSPS) is 10.6. The van der Waals surface area contributed by atoms with Gasteiger partial charge in [0.15, 0.2) is 0 Å². The molecule has 4 nitrogen and oxygen atoms in total. The van der Waals surface area contributed by atoms with E-state index in [1.54, 1.807) is 0 Å². The molecule has 0 fully saturated rings. The molecule has 5 heteroatoms. The van der Waals surface area contributed by atoms with Gasteiger partial charge in [-0.25, -0.2) is 0 Å². The summed E-state index contributed by atoms with van der Waals surface area (Å²) in [4.78, 5) is 12.1. The molecular formula is C17H17N3OS. The maximum Gasteiger partial charge on any atom is 0.251 e. The van der Waals surface area contributed by atoms with Gasteiger partial charge in [0.25, 0.3) is 5.91 Å². The van der Waals surface area contributed by atoms with Crippen molar-refractivity contribution < 1.29 is 4.79 Å². The third-order valence-corrected chi connectivity index (χ3v) is 4.30. The Labute approximate surface area is 133 Å². The van der Waals surface area contributed by atoms with E-state index < -0.39 is 0 Å². The molecule has 0 saturated heterocycles. The highest BCUT2D eigenvalue weighted by atomic mass is 32.1. The average molecular weight is 311 g/mol. The Balaban J connectivity index is 1.54. The third-order valence-electron chi connectivity index (χ3n) is 3.47. The Bertz CT molecular complexity index is 797. The standard InChI is InChI=1S/C17H17N3OS/c1-12-6-2-3-7-13(12)17(21)19-11-10-18-16-14-8-4-5-9-15(14)22-20-16/h2-9H,10-11H2,1H3,(H,18,20)(H,19,21). The minimum Gasteiger partial charge on any atom is -0.367 e. The van der Waals surface area contributed by atoms with Crippen molar-refractivity contribution in [1.82, 2.24) is 9.69 Å². The van der Waals surface area contributed by atoms with Crippen LogP contribution in [0.15, 0.2) is 48.5 Å². The number of aryl methyl sites for hydroxylation is 1. The molecule has 0 radical (unpaired) electrons. The fourth-order valence-electron chi connectivity index (χ4n) is 2.29.